The smallest absolute Gasteiger partial charge is 0.123 e. The Labute approximate surface area is 109 Å². The standard InChI is InChI=1S/C15H23FN2/c1-12(10-13-5-7-14(16)8-6-13)17-11-15-4-3-9-18(15)2/h5-8,12,15,17H,3-4,9-11H2,1-2H3. The SMILES string of the molecule is CC(Cc1ccc(F)cc1)NCC1CCCN1C. The summed E-state index contributed by atoms with van der Waals surface area (Å²) in [5, 5.41) is 3.58. The van der Waals surface area contributed by atoms with Gasteiger partial charge in [-0.2, -0.15) is 0 Å². The van der Waals surface area contributed by atoms with Gasteiger partial charge in [0.15, 0.2) is 0 Å². The van der Waals surface area contributed by atoms with E-state index < -0.39 is 0 Å². The third-order valence-corrected chi connectivity index (χ3v) is 3.83. The summed E-state index contributed by atoms with van der Waals surface area (Å²) in [6.45, 7) is 4.47. The zero-order chi connectivity index (χ0) is 13.0. The van der Waals surface area contributed by atoms with E-state index >= 15 is 0 Å². The first-order chi connectivity index (χ1) is 8.65. The Kier molecular flexibility index (Phi) is 4.72. The lowest BCUT2D eigenvalue weighted by atomic mass is 10.1. The summed E-state index contributed by atoms with van der Waals surface area (Å²) in [6, 6.07) is 7.93. The van der Waals surface area contributed by atoms with Crippen molar-refractivity contribution in [2.45, 2.75) is 38.3 Å². The van der Waals surface area contributed by atoms with Crippen molar-refractivity contribution in [3.05, 3.63) is 35.6 Å². The lowest BCUT2D eigenvalue weighted by Gasteiger charge is -2.22. The van der Waals surface area contributed by atoms with Crippen LogP contribution >= 0.6 is 0 Å². The summed E-state index contributed by atoms with van der Waals surface area (Å²) in [7, 11) is 2.20. The lowest BCUT2D eigenvalue weighted by Crippen LogP contribution is -2.40. The van der Waals surface area contributed by atoms with Gasteiger partial charge >= 0.3 is 0 Å². The van der Waals surface area contributed by atoms with Crippen LogP contribution in [0.4, 0.5) is 4.39 Å². The molecule has 1 N–H and O–H groups in total. The number of rotatable bonds is 5. The van der Waals surface area contributed by atoms with Crippen LogP contribution in [0.1, 0.15) is 25.3 Å². The molecular weight excluding hydrogens is 227 g/mol. The minimum Gasteiger partial charge on any atom is -0.312 e. The molecule has 1 aromatic rings. The first kappa shape index (κ1) is 13.5. The van der Waals surface area contributed by atoms with E-state index in [-0.39, 0.29) is 5.82 Å². The van der Waals surface area contributed by atoms with Crippen LogP contribution in [0.3, 0.4) is 0 Å². The van der Waals surface area contributed by atoms with Crippen LogP contribution in [0, 0.1) is 5.82 Å². The number of hydrogen-bond acceptors (Lipinski definition) is 2. The van der Waals surface area contributed by atoms with Crippen LogP contribution in [-0.2, 0) is 6.42 Å². The monoisotopic (exact) mass is 250 g/mol. The van der Waals surface area contributed by atoms with E-state index in [4.69, 9.17) is 0 Å². The van der Waals surface area contributed by atoms with Crippen LogP contribution in [-0.4, -0.2) is 37.1 Å². The van der Waals surface area contributed by atoms with Crippen molar-refractivity contribution < 1.29 is 4.39 Å². The molecule has 2 atom stereocenters. The zero-order valence-corrected chi connectivity index (χ0v) is 11.3. The normalized spacial score (nSPS) is 22.3. The molecule has 0 amide bonds. The average Bonchev–Trinajstić information content (AvgIpc) is 2.75. The average molecular weight is 250 g/mol. The fourth-order valence-electron chi connectivity index (χ4n) is 2.62. The molecule has 1 aliphatic heterocycles. The van der Waals surface area contributed by atoms with Gasteiger partial charge in [0, 0.05) is 18.6 Å². The van der Waals surface area contributed by atoms with Gasteiger partial charge in [0.1, 0.15) is 5.82 Å². The molecule has 0 aliphatic carbocycles. The molecule has 2 nitrogen and oxygen atoms in total. The molecular formula is C15H23FN2. The summed E-state index contributed by atoms with van der Waals surface area (Å²) >= 11 is 0. The van der Waals surface area contributed by atoms with Gasteiger partial charge < -0.3 is 10.2 Å². The Bertz CT molecular complexity index is 363. The molecule has 18 heavy (non-hydrogen) atoms. The second kappa shape index (κ2) is 6.30. The minimum absolute atomic E-state index is 0.160. The van der Waals surface area contributed by atoms with Crippen LogP contribution in [0.2, 0.25) is 0 Å². The maximum atomic E-state index is 12.8. The first-order valence-electron chi connectivity index (χ1n) is 6.83. The Morgan fingerprint density at radius 3 is 2.72 bits per heavy atom. The van der Waals surface area contributed by atoms with Crippen LogP contribution in [0.25, 0.3) is 0 Å². The lowest BCUT2D eigenvalue weighted by molar-refractivity contribution is 0.293. The van der Waals surface area contributed by atoms with Gasteiger partial charge in [0.2, 0.25) is 0 Å². The van der Waals surface area contributed by atoms with E-state index in [0.717, 1.165) is 13.0 Å². The highest BCUT2D eigenvalue weighted by Gasteiger charge is 2.20. The van der Waals surface area contributed by atoms with E-state index in [9.17, 15) is 4.39 Å². The van der Waals surface area contributed by atoms with Crippen LogP contribution in [0.5, 0.6) is 0 Å². The van der Waals surface area contributed by atoms with E-state index in [2.05, 4.69) is 24.2 Å². The topological polar surface area (TPSA) is 15.3 Å². The van der Waals surface area contributed by atoms with E-state index in [1.807, 2.05) is 12.1 Å². The molecule has 1 aromatic carbocycles. The highest BCUT2D eigenvalue weighted by Crippen LogP contribution is 2.14. The Morgan fingerprint density at radius 2 is 2.11 bits per heavy atom. The van der Waals surface area contributed by atoms with Gasteiger partial charge in [-0.3, -0.25) is 0 Å². The third kappa shape index (κ3) is 3.79. The van der Waals surface area contributed by atoms with Crippen molar-refractivity contribution >= 4 is 0 Å². The second-order valence-corrected chi connectivity index (χ2v) is 5.42. The van der Waals surface area contributed by atoms with Gasteiger partial charge in [-0.15, -0.1) is 0 Å². The van der Waals surface area contributed by atoms with Gasteiger partial charge in [0.25, 0.3) is 0 Å². The predicted octanol–water partition coefficient (Wildman–Crippen LogP) is 2.44. The highest BCUT2D eigenvalue weighted by molar-refractivity contribution is 5.17. The van der Waals surface area contributed by atoms with Gasteiger partial charge in [0.05, 0.1) is 0 Å². The van der Waals surface area contributed by atoms with Gasteiger partial charge in [-0.05, 0) is 57.5 Å². The van der Waals surface area contributed by atoms with Crippen molar-refractivity contribution in [2.75, 3.05) is 20.1 Å². The summed E-state index contributed by atoms with van der Waals surface area (Å²) in [4.78, 5) is 2.43. The van der Waals surface area contributed by atoms with Crippen molar-refractivity contribution in [1.29, 1.82) is 0 Å². The number of benzene rings is 1. The predicted molar refractivity (Wildman–Crippen MR) is 73.2 cm³/mol. The molecule has 0 aromatic heterocycles. The maximum absolute atomic E-state index is 12.8. The quantitative estimate of drug-likeness (QED) is 0.863. The summed E-state index contributed by atoms with van der Waals surface area (Å²) in [6.07, 6.45) is 3.57. The van der Waals surface area contributed by atoms with Crippen LogP contribution < -0.4 is 5.32 Å². The molecule has 0 spiro atoms. The number of halogens is 1. The number of likely N-dealkylation sites (N-methyl/N-ethyl adjacent to an activating group) is 1. The zero-order valence-electron chi connectivity index (χ0n) is 11.3. The first-order valence-corrected chi connectivity index (χ1v) is 6.83. The van der Waals surface area contributed by atoms with E-state index in [0.29, 0.717) is 12.1 Å². The molecule has 3 heteroatoms. The number of nitrogens with zero attached hydrogens (tertiary/aromatic N) is 1. The van der Waals surface area contributed by atoms with Gasteiger partial charge in [-0.25, -0.2) is 4.39 Å². The highest BCUT2D eigenvalue weighted by atomic mass is 19.1. The Balaban J connectivity index is 1.74. The van der Waals surface area contributed by atoms with Crippen molar-refractivity contribution in [3.63, 3.8) is 0 Å². The largest absolute Gasteiger partial charge is 0.312 e. The number of hydrogen-bond donors (Lipinski definition) is 1. The fraction of sp³-hybridized carbons (Fsp3) is 0.600. The molecule has 1 heterocycles. The molecule has 2 rings (SSSR count). The molecule has 1 fully saturated rings. The molecule has 0 radical (unpaired) electrons. The number of nitrogens with one attached hydrogen (secondary N) is 1. The molecule has 2 unspecified atom stereocenters. The summed E-state index contributed by atoms with van der Waals surface area (Å²) < 4.78 is 12.8. The van der Waals surface area contributed by atoms with E-state index in [1.165, 1.54) is 37.1 Å². The van der Waals surface area contributed by atoms with Crippen molar-refractivity contribution in [2.24, 2.45) is 0 Å². The van der Waals surface area contributed by atoms with Crippen LogP contribution in [0.15, 0.2) is 24.3 Å². The summed E-state index contributed by atoms with van der Waals surface area (Å²) in [5.74, 6) is -0.160. The fourth-order valence-corrected chi connectivity index (χ4v) is 2.62. The van der Waals surface area contributed by atoms with Crippen molar-refractivity contribution in [3.8, 4) is 0 Å². The molecule has 1 saturated heterocycles. The molecule has 0 bridgehead atoms. The third-order valence-electron chi connectivity index (χ3n) is 3.83. The minimum atomic E-state index is -0.160. The second-order valence-electron chi connectivity index (χ2n) is 5.42. The maximum Gasteiger partial charge on any atom is 0.123 e. The Morgan fingerprint density at radius 1 is 1.39 bits per heavy atom. The number of likely N-dealkylation sites (tertiary alicyclic amines) is 1. The van der Waals surface area contributed by atoms with E-state index in [1.54, 1.807) is 0 Å². The molecule has 0 saturated carbocycles. The molecule has 100 valence electrons. The summed E-state index contributed by atoms with van der Waals surface area (Å²) in [5.41, 5.74) is 1.19. The molecule has 1 aliphatic rings. The Hall–Kier alpha value is -0.930. The van der Waals surface area contributed by atoms with Gasteiger partial charge in [-0.1, -0.05) is 12.1 Å². The van der Waals surface area contributed by atoms with Crippen molar-refractivity contribution in [1.82, 2.24) is 10.2 Å².